The number of carbonyl (C=O) groups is 1. The number of carbonyl (C=O) groups excluding carboxylic acids is 1. The third-order valence-electron chi connectivity index (χ3n) is 4.87. The lowest BCUT2D eigenvalue weighted by Gasteiger charge is -2.15. The summed E-state index contributed by atoms with van der Waals surface area (Å²) in [5.41, 5.74) is -0.998. The Labute approximate surface area is 198 Å². The fourth-order valence-electron chi connectivity index (χ4n) is 3.30. The molecule has 4 rings (SSSR count). The number of aromatic amines is 1. The van der Waals surface area contributed by atoms with Crippen molar-refractivity contribution in [2.24, 2.45) is 0 Å². The van der Waals surface area contributed by atoms with Crippen LogP contribution in [0.15, 0.2) is 84.2 Å². The van der Waals surface area contributed by atoms with Crippen molar-refractivity contribution in [2.45, 2.75) is 11.4 Å². The molecule has 4 aromatic rings. The van der Waals surface area contributed by atoms with Gasteiger partial charge in [0.05, 0.1) is 35.9 Å². The molecule has 0 spiro atoms. The predicted octanol–water partition coefficient (Wildman–Crippen LogP) is 2.21. The van der Waals surface area contributed by atoms with Gasteiger partial charge in [0.2, 0.25) is 5.91 Å². The Bertz CT molecular complexity index is 1620. The number of benzene rings is 2. The molecule has 0 radical (unpaired) electrons. The lowest BCUT2D eigenvalue weighted by Crippen LogP contribution is -2.20. The summed E-state index contributed by atoms with van der Waals surface area (Å²) in [5, 5.41) is 2.49. The molecule has 0 saturated carbocycles. The molecule has 11 nitrogen and oxygen atoms in total. The molecule has 2 aromatic heterocycles. The smallest absolute Gasteiger partial charge is 0.419 e. The number of hydrogen-bond acceptors (Lipinski definition) is 8. The van der Waals surface area contributed by atoms with Crippen LogP contribution >= 0.6 is 0 Å². The largest absolute Gasteiger partial charge is 0.494 e. The summed E-state index contributed by atoms with van der Waals surface area (Å²) in [6.45, 7) is 0.132. The summed E-state index contributed by atoms with van der Waals surface area (Å²) in [7, 11) is -2.82. The third kappa shape index (κ3) is 5.17. The number of H-pyrrole nitrogens is 1. The van der Waals surface area contributed by atoms with Gasteiger partial charge in [0.25, 0.3) is 10.0 Å². The van der Waals surface area contributed by atoms with E-state index in [2.05, 4.69) is 19.4 Å². The summed E-state index contributed by atoms with van der Waals surface area (Å²) in [6.07, 6.45) is 3.92. The van der Waals surface area contributed by atoms with Crippen molar-refractivity contribution >= 4 is 38.6 Å². The number of methoxy groups -OCH3 is 1. The van der Waals surface area contributed by atoms with E-state index in [0.717, 1.165) is 6.08 Å². The van der Waals surface area contributed by atoms with E-state index in [1.54, 1.807) is 30.3 Å². The number of rotatable bonds is 8. The molecule has 3 N–H and O–H groups in total. The molecule has 0 fully saturated rings. The number of hydrogen-bond donors (Lipinski definition) is 3. The Kier molecular flexibility index (Phi) is 6.55. The summed E-state index contributed by atoms with van der Waals surface area (Å²) >= 11 is 0. The molecule has 2 heterocycles. The first-order valence-corrected chi connectivity index (χ1v) is 11.6. The molecule has 0 aliphatic carbocycles. The first-order valence-electron chi connectivity index (χ1n) is 10.1. The minimum absolute atomic E-state index is 0.0212. The normalized spacial score (nSPS) is 11.6. The van der Waals surface area contributed by atoms with E-state index in [1.165, 1.54) is 37.6 Å². The maximum atomic E-state index is 13.0. The van der Waals surface area contributed by atoms with Crippen LogP contribution in [0.3, 0.4) is 0 Å². The molecule has 0 aliphatic heterocycles. The molecule has 180 valence electrons. The first kappa shape index (κ1) is 23.6. The second-order valence-corrected chi connectivity index (χ2v) is 8.83. The van der Waals surface area contributed by atoms with Crippen LogP contribution in [0.1, 0.15) is 11.3 Å². The zero-order valence-corrected chi connectivity index (χ0v) is 19.0. The van der Waals surface area contributed by atoms with Gasteiger partial charge < -0.3 is 18.9 Å². The SMILES string of the molecule is COc1c(/C=C/C(=O)NCc2ccco2)c(NS(=O)(=O)c2ccccc2)cc2c(=O)oc(=O)[nH]c12. The number of amides is 1. The predicted molar refractivity (Wildman–Crippen MR) is 126 cm³/mol. The van der Waals surface area contributed by atoms with Crippen LogP contribution in [-0.2, 0) is 21.4 Å². The molecule has 0 unspecified atom stereocenters. The zero-order valence-electron chi connectivity index (χ0n) is 18.2. The van der Waals surface area contributed by atoms with E-state index in [0.29, 0.717) is 5.76 Å². The molecule has 2 aromatic carbocycles. The fraction of sp³-hybridized carbons (Fsp3) is 0.0870. The minimum Gasteiger partial charge on any atom is -0.494 e. The molecular formula is C23H19N3O8S. The van der Waals surface area contributed by atoms with Crippen LogP contribution in [0.5, 0.6) is 5.75 Å². The summed E-state index contributed by atoms with van der Waals surface area (Å²) < 4.78 is 43.5. The number of ether oxygens (including phenoxy) is 1. The highest BCUT2D eigenvalue weighted by Crippen LogP contribution is 2.35. The number of fused-ring (bicyclic) bond motifs is 1. The Morgan fingerprint density at radius 2 is 1.91 bits per heavy atom. The Morgan fingerprint density at radius 1 is 1.14 bits per heavy atom. The lowest BCUT2D eigenvalue weighted by atomic mass is 10.1. The maximum Gasteiger partial charge on any atom is 0.419 e. The Balaban J connectivity index is 1.80. The fourth-order valence-corrected chi connectivity index (χ4v) is 4.39. The van der Waals surface area contributed by atoms with Crippen LogP contribution in [0.2, 0.25) is 0 Å². The van der Waals surface area contributed by atoms with Gasteiger partial charge in [-0.25, -0.2) is 18.0 Å². The first-order chi connectivity index (χ1) is 16.8. The van der Waals surface area contributed by atoms with Crippen molar-refractivity contribution in [3.63, 3.8) is 0 Å². The van der Waals surface area contributed by atoms with Crippen molar-refractivity contribution in [3.8, 4) is 5.75 Å². The van der Waals surface area contributed by atoms with Crippen molar-refractivity contribution in [2.75, 3.05) is 11.8 Å². The monoisotopic (exact) mass is 497 g/mol. The van der Waals surface area contributed by atoms with Crippen LogP contribution in [0, 0.1) is 0 Å². The molecule has 0 bridgehead atoms. The van der Waals surface area contributed by atoms with Crippen molar-refractivity contribution in [1.29, 1.82) is 0 Å². The van der Waals surface area contributed by atoms with Crippen LogP contribution in [-0.4, -0.2) is 26.4 Å². The molecule has 0 saturated heterocycles. The Morgan fingerprint density at radius 3 is 2.60 bits per heavy atom. The van der Waals surface area contributed by atoms with E-state index in [4.69, 9.17) is 9.15 Å². The van der Waals surface area contributed by atoms with Gasteiger partial charge in [0.1, 0.15) is 11.3 Å². The van der Waals surface area contributed by atoms with Crippen LogP contribution < -0.4 is 26.2 Å². The molecule has 0 atom stereocenters. The number of aromatic nitrogens is 1. The highest BCUT2D eigenvalue weighted by atomic mass is 32.2. The Hall–Kier alpha value is -4.58. The van der Waals surface area contributed by atoms with Crippen molar-refractivity contribution < 1.29 is 26.8 Å². The van der Waals surface area contributed by atoms with Crippen molar-refractivity contribution in [1.82, 2.24) is 10.3 Å². The highest BCUT2D eigenvalue weighted by molar-refractivity contribution is 7.92. The van der Waals surface area contributed by atoms with Gasteiger partial charge >= 0.3 is 11.4 Å². The van der Waals surface area contributed by atoms with Gasteiger partial charge in [-0.05, 0) is 36.4 Å². The summed E-state index contributed by atoms with van der Waals surface area (Å²) in [5.74, 6) is -1.05. The summed E-state index contributed by atoms with van der Waals surface area (Å²) in [4.78, 5) is 38.8. The molecular weight excluding hydrogens is 478 g/mol. The quantitative estimate of drug-likeness (QED) is 0.312. The zero-order chi connectivity index (χ0) is 25.0. The van der Waals surface area contributed by atoms with E-state index in [9.17, 15) is 22.8 Å². The molecule has 1 amide bonds. The van der Waals surface area contributed by atoms with Crippen LogP contribution in [0.4, 0.5) is 5.69 Å². The van der Waals surface area contributed by atoms with E-state index in [-0.39, 0.29) is 39.3 Å². The van der Waals surface area contributed by atoms with E-state index < -0.39 is 27.3 Å². The molecule has 35 heavy (non-hydrogen) atoms. The van der Waals surface area contributed by atoms with E-state index in [1.807, 2.05) is 0 Å². The number of sulfonamides is 1. The number of anilines is 1. The van der Waals surface area contributed by atoms with Gasteiger partial charge in [-0.15, -0.1) is 0 Å². The van der Waals surface area contributed by atoms with Crippen molar-refractivity contribution in [3.05, 3.63) is 93.2 Å². The van der Waals surface area contributed by atoms with E-state index >= 15 is 0 Å². The third-order valence-corrected chi connectivity index (χ3v) is 6.25. The molecule has 12 heteroatoms. The van der Waals surface area contributed by atoms with Gasteiger partial charge in [-0.1, -0.05) is 18.2 Å². The number of nitrogens with one attached hydrogen (secondary N) is 3. The minimum atomic E-state index is -4.09. The number of furan rings is 1. The second kappa shape index (κ2) is 9.73. The standard InChI is InChI=1S/C23H19N3O8S/c1-32-21-16(9-10-19(27)24-13-14-6-5-11-33-14)18(12-17-20(21)25-23(29)34-22(17)28)26-35(30,31)15-7-3-2-4-8-15/h2-12,26H,13H2,1H3,(H,24,27)(H,25,29)/b10-9+. The topological polar surface area (TPSA) is 161 Å². The highest BCUT2D eigenvalue weighted by Gasteiger charge is 2.21. The lowest BCUT2D eigenvalue weighted by molar-refractivity contribution is -0.116. The van der Waals surface area contributed by atoms with Gasteiger partial charge in [-0.2, -0.15) is 0 Å². The molecule has 0 aliphatic rings. The van der Waals surface area contributed by atoms with Crippen LogP contribution in [0.25, 0.3) is 17.0 Å². The second-order valence-electron chi connectivity index (χ2n) is 7.14. The van der Waals surface area contributed by atoms with Gasteiger partial charge in [0, 0.05) is 11.6 Å². The average Bonchev–Trinajstić information content (AvgIpc) is 3.36. The maximum absolute atomic E-state index is 13.0. The summed E-state index contributed by atoms with van der Waals surface area (Å²) in [6, 6.07) is 12.1. The van der Waals surface area contributed by atoms with Gasteiger partial charge in [0.15, 0.2) is 5.75 Å². The average molecular weight is 497 g/mol. The van der Waals surface area contributed by atoms with Gasteiger partial charge in [-0.3, -0.25) is 14.5 Å².